The largest absolute Gasteiger partial charge is 0.273 e. The summed E-state index contributed by atoms with van der Waals surface area (Å²) in [4.78, 5) is 18.6. The normalized spacial score (nSPS) is 24.0. The van der Waals surface area contributed by atoms with Crippen LogP contribution in [0.3, 0.4) is 0 Å². The first-order chi connectivity index (χ1) is 7.26. The van der Waals surface area contributed by atoms with Crippen LogP contribution in [0.4, 0.5) is 0 Å². The van der Waals surface area contributed by atoms with Crippen LogP contribution in [-0.4, -0.2) is 16.1 Å². The Morgan fingerprint density at radius 2 is 2.40 bits per heavy atom. The predicted molar refractivity (Wildman–Crippen MR) is 55.2 cm³/mol. The van der Waals surface area contributed by atoms with Gasteiger partial charge in [-0.25, -0.2) is 0 Å². The number of hydrogen-bond donors (Lipinski definition) is 0. The van der Waals surface area contributed by atoms with E-state index in [4.69, 9.17) is 0 Å². The Hall–Kier alpha value is -2.04. The van der Waals surface area contributed by atoms with Crippen molar-refractivity contribution in [3.05, 3.63) is 52.5 Å². The van der Waals surface area contributed by atoms with Gasteiger partial charge in [0.05, 0.1) is 12.0 Å². The molecule has 15 heavy (non-hydrogen) atoms. The molecule has 0 N–H and O–H groups in total. The van der Waals surface area contributed by atoms with Crippen LogP contribution in [-0.2, 0) is 5.54 Å². The number of pyridine rings is 1. The highest BCUT2D eigenvalue weighted by Crippen LogP contribution is 2.30. The van der Waals surface area contributed by atoms with E-state index < -0.39 is 5.54 Å². The van der Waals surface area contributed by atoms with Gasteiger partial charge in [-0.1, -0.05) is 0 Å². The van der Waals surface area contributed by atoms with E-state index in [0.29, 0.717) is 5.56 Å². The zero-order valence-corrected chi connectivity index (χ0v) is 7.91. The zero-order chi connectivity index (χ0) is 10.7. The van der Waals surface area contributed by atoms with Crippen molar-refractivity contribution in [3.63, 3.8) is 0 Å². The minimum absolute atomic E-state index is 0.266. The highest BCUT2D eigenvalue weighted by Gasteiger charge is 2.42. The molecule has 1 unspecified atom stereocenters. The van der Waals surface area contributed by atoms with Gasteiger partial charge < -0.3 is 0 Å². The molecule has 5 nitrogen and oxygen atoms in total. The van der Waals surface area contributed by atoms with E-state index in [-0.39, 0.29) is 11.3 Å². The van der Waals surface area contributed by atoms with E-state index in [1.165, 1.54) is 18.5 Å². The lowest BCUT2D eigenvalue weighted by Crippen LogP contribution is -2.34. The van der Waals surface area contributed by atoms with Crippen molar-refractivity contribution in [1.29, 1.82) is 0 Å². The smallest absolute Gasteiger partial charge is 0.269 e. The highest BCUT2D eigenvalue weighted by atomic mass is 16.6. The third kappa shape index (κ3) is 1.52. The summed E-state index contributed by atoms with van der Waals surface area (Å²) in [6.45, 7) is 0. The lowest BCUT2D eigenvalue weighted by molar-refractivity contribution is -0.562. The summed E-state index contributed by atoms with van der Waals surface area (Å²) in [6, 6.07) is 3.40. The van der Waals surface area contributed by atoms with Crippen LogP contribution < -0.4 is 0 Å². The van der Waals surface area contributed by atoms with Crippen LogP contribution in [0, 0.1) is 10.1 Å². The third-order valence-corrected chi connectivity index (χ3v) is 2.43. The monoisotopic (exact) mass is 203 g/mol. The van der Waals surface area contributed by atoms with Crippen LogP contribution in [0.25, 0.3) is 0 Å². The molecule has 0 fully saturated rings. The van der Waals surface area contributed by atoms with Gasteiger partial charge >= 0.3 is 0 Å². The summed E-state index contributed by atoms with van der Waals surface area (Å²) in [5, 5.41) is 11.1. The second-order valence-corrected chi connectivity index (χ2v) is 3.27. The van der Waals surface area contributed by atoms with Crippen LogP contribution in [0.1, 0.15) is 12.0 Å². The standard InChI is InChI=1S/C10H9N3O2/c14-13(15)10(3-6-11-7-4-10)9-2-1-5-12-8-9/h1-3,5-8H,4H2. The molecule has 1 aliphatic rings. The molecule has 5 heteroatoms. The molecule has 0 amide bonds. The fourth-order valence-corrected chi connectivity index (χ4v) is 1.56. The van der Waals surface area contributed by atoms with Crippen molar-refractivity contribution in [2.75, 3.05) is 0 Å². The fourth-order valence-electron chi connectivity index (χ4n) is 1.56. The number of hydrogen-bond acceptors (Lipinski definition) is 4. The van der Waals surface area contributed by atoms with Crippen molar-refractivity contribution in [3.8, 4) is 0 Å². The minimum atomic E-state index is -1.20. The molecule has 2 rings (SSSR count). The molecule has 1 atom stereocenters. The zero-order valence-electron chi connectivity index (χ0n) is 7.91. The van der Waals surface area contributed by atoms with Gasteiger partial charge in [0, 0.05) is 35.8 Å². The quantitative estimate of drug-likeness (QED) is 0.540. The average molecular weight is 203 g/mol. The first-order valence-electron chi connectivity index (χ1n) is 4.50. The summed E-state index contributed by atoms with van der Waals surface area (Å²) >= 11 is 0. The van der Waals surface area contributed by atoms with Crippen molar-refractivity contribution < 1.29 is 4.92 Å². The molecule has 0 aromatic carbocycles. The van der Waals surface area contributed by atoms with E-state index in [9.17, 15) is 10.1 Å². The van der Waals surface area contributed by atoms with Gasteiger partial charge in [-0.2, -0.15) is 0 Å². The Morgan fingerprint density at radius 1 is 1.53 bits per heavy atom. The molecule has 2 heterocycles. The van der Waals surface area contributed by atoms with Gasteiger partial charge in [0.2, 0.25) is 0 Å². The Morgan fingerprint density at radius 3 is 2.93 bits per heavy atom. The Labute approximate surface area is 86.3 Å². The van der Waals surface area contributed by atoms with Crippen molar-refractivity contribution in [2.45, 2.75) is 12.0 Å². The van der Waals surface area contributed by atoms with E-state index >= 15 is 0 Å². The van der Waals surface area contributed by atoms with Gasteiger partial charge in [0.15, 0.2) is 0 Å². The van der Waals surface area contributed by atoms with E-state index in [1.807, 2.05) is 0 Å². The summed E-state index contributed by atoms with van der Waals surface area (Å²) in [5.74, 6) is 0. The first-order valence-corrected chi connectivity index (χ1v) is 4.50. The molecule has 0 saturated carbocycles. The van der Waals surface area contributed by atoms with Crippen LogP contribution in [0.5, 0.6) is 0 Å². The molecule has 1 aliphatic heterocycles. The summed E-state index contributed by atoms with van der Waals surface area (Å²) in [5.41, 5.74) is -0.617. The molecule has 1 aromatic heterocycles. The van der Waals surface area contributed by atoms with Crippen molar-refractivity contribution in [2.24, 2.45) is 4.99 Å². The topological polar surface area (TPSA) is 68.4 Å². The van der Waals surface area contributed by atoms with Gasteiger partial charge in [-0.15, -0.1) is 0 Å². The number of aliphatic imine (C=N–C) groups is 1. The Balaban J connectivity index is 2.49. The van der Waals surface area contributed by atoms with E-state index in [2.05, 4.69) is 9.98 Å². The fraction of sp³-hybridized carbons (Fsp3) is 0.200. The van der Waals surface area contributed by atoms with Crippen LogP contribution in [0.15, 0.2) is 41.8 Å². The molecule has 0 aliphatic carbocycles. The molecule has 0 spiro atoms. The first kappa shape index (κ1) is 9.51. The van der Waals surface area contributed by atoms with Gasteiger partial charge in [0.25, 0.3) is 5.54 Å². The summed E-state index contributed by atoms with van der Waals surface area (Å²) < 4.78 is 0. The van der Waals surface area contributed by atoms with Crippen molar-refractivity contribution in [1.82, 2.24) is 4.98 Å². The van der Waals surface area contributed by atoms with Gasteiger partial charge in [0.1, 0.15) is 0 Å². The lowest BCUT2D eigenvalue weighted by atomic mass is 9.88. The molecule has 0 radical (unpaired) electrons. The molecule has 1 aromatic rings. The van der Waals surface area contributed by atoms with Gasteiger partial charge in [-0.05, 0) is 12.1 Å². The molecule has 0 saturated heterocycles. The van der Waals surface area contributed by atoms with E-state index in [1.54, 1.807) is 24.5 Å². The molecule has 0 bridgehead atoms. The SMILES string of the molecule is O=[N+]([O-])C1(c2cccnc2)C=CN=CC1. The second kappa shape index (κ2) is 3.61. The van der Waals surface area contributed by atoms with E-state index in [0.717, 1.165) is 0 Å². The maximum absolute atomic E-state index is 11.1. The van der Waals surface area contributed by atoms with Crippen LogP contribution >= 0.6 is 0 Å². The summed E-state index contributed by atoms with van der Waals surface area (Å²) in [6.07, 6.45) is 7.89. The molecule has 76 valence electrons. The maximum Gasteiger partial charge on any atom is 0.273 e. The number of rotatable bonds is 2. The molecular formula is C10H9N3O2. The molecular weight excluding hydrogens is 194 g/mol. The number of nitro groups is 1. The van der Waals surface area contributed by atoms with Gasteiger partial charge in [-0.3, -0.25) is 20.1 Å². The number of aromatic nitrogens is 1. The Kier molecular flexibility index (Phi) is 2.29. The van der Waals surface area contributed by atoms with Crippen molar-refractivity contribution >= 4 is 6.21 Å². The minimum Gasteiger partial charge on any atom is -0.269 e. The van der Waals surface area contributed by atoms with Crippen LogP contribution in [0.2, 0.25) is 0 Å². The Bertz CT molecular complexity index is 428. The lowest BCUT2D eigenvalue weighted by Gasteiger charge is -2.21. The summed E-state index contributed by atoms with van der Waals surface area (Å²) in [7, 11) is 0. The third-order valence-electron chi connectivity index (χ3n) is 2.43. The average Bonchev–Trinajstić information content (AvgIpc) is 2.31. The second-order valence-electron chi connectivity index (χ2n) is 3.27. The number of nitrogens with zero attached hydrogens (tertiary/aromatic N) is 3. The predicted octanol–water partition coefficient (Wildman–Crippen LogP) is 1.54. The maximum atomic E-state index is 11.1. The highest BCUT2D eigenvalue weighted by molar-refractivity contribution is 5.63.